The van der Waals surface area contributed by atoms with Gasteiger partial charge >= 0.3 is 5.97 Å². The molecule has 0 unspecified atom stereocenters. The number of hydrogen-bond donors (Lipinski definition) is 1. The minimum absolute atomic E-state index is 0.242. The maximum Gasteiger partial charge on any atom is 0.319 e. The number of para-hydroxylation sites is 1. The zero-order valence-corrected chi connectivity index (χ0v) is 14.1. The lowest BCUT2D eigenvalue weighted by molar-refractivity contribution is -0.142. The maximum absolute atomic E-state index is 11.8. The molecular formula is C16H18N4O2S. The molecule has 0 fully saturated rings. The van der Waals surface area contributed by atoms with Crippen LogP contribution in [0.1, 0.15) is 13.8 Å². The summed E-state index contributed by atoms with van der Waals surface area (Å²) in [6, 6.07) is 8.05. The summed E-state index contributed by atoms with van der Waals surface area (Å²) in [5.74, 6) is 0.523. The second-order valence-electron chi connectivity index (χ2n) is 5.13. The van der Waals surface area contributed by atoms with Gasteiger partial charge in [0.1, 0.15) is 5.25 Å². The third kappa shape index (κ3) is 2.96. The Labute approximate surface area is 138 Å². The molecule has 3 aromatic rings. The van der Waals surface area contributed by atoms with Crippen molar-refractivity contribution in [2.75, 3.05) is 6.61 Å². The summed E-state index contributed by atoms with van der Waals surface area (Å²) in [6.45, 7) is 3.98. The van der Waals surface area contributed by atoms with E-state index < -0.39 is 0 Å². The first-order valence-electron chi connectivity index (χ1n) is 7.41. The first-order valence-corrected chi connectivity index (χ1v) is 8.29. The Balaban J connectivity index is 1.89. The molecule has 0 aliphatic carbocycles. The van der Waals surface area contributed by atoms with Gasteiger partial charge in [-0.25, -0.2) is 0 Å². The van der Waals surface area contributed by atoms with Crippen LogP contribution in [0, 0.1) is 0 Å². The molecule has 3 rings (SSSR count). The van der Waals surface area contributed by atoms with Gasteiger partial charge in [0.05, 0.1) is 6.61 Å². The number of rotatable bonds is 5. The number of carbonyl (C=O) groups excluding carboxylic acids is 1. The fourth-order valence-corrected chi connectivity index (χ4v) is 3.19. The molecule has 0 aliphatic rings. The van der Waals surface area contributed by atoms with E-state index in [1.54, 1.807) is 6.92 Å². The fourth-order valence-electron chi connectivity index (χ4n) is 2.37. The number of thioether (sulfide) groups is 1. The van der Waals surface area contributed by atoms with Crippen molar-refractivity contribution in [1.29, 1.82) is 0 Å². The Morgan fingerprint density at radius 3 is 2.96 bits per heavy atom. The highest BCUT2D eigenvalue weighted by Crippen LogP contribution is 2.30. The molecule has 0 saturated heterocycles. The van der Waals surface area contributed by atoms with Gasteiger partial charge in [-0.15, -0.1) is 10.2 Å². The summed E-state index contributed by atoms with van der Waals surface area (Å²) in [7, 11) is 1.90. The molecule has 2 aromatic heterocycles. The Kier molecular flexibility index (Phi) is 4.38. The molecule has 2 heterocycles. The third-order valence-electron chi connectivity index (χ3n) is 3.57. The van der Waals surface area contributed by atoms with Crippen LogP contribution in [0.5, 0.6) is 0 Å². The second-order valence-corrected chi connectivity index (χ2v) is 6.43. The number of aromatic amines is 1. The second kappa shape index (κ2) is 6.45. The van der Waals surface area contributed by atoms with Gasteiger partial charge in [-0.3, -0.25) is 4.79 Å². The van der Waals surface area contributed by atoms with Crippen molar-refractivity contribution in [2.24, 2.45) is 7.05 Å². The molecule has 6 nitrogen and oxygen atoms in total. The summed E-state index contributed by atoms with van der Waals surface area (Å²) in [5.41, 5.74) is 2.05. The van der Waals surface area contributed by atoms with E-state index in [9.17, 15) is 4.79 Å². The highest BCUT2D eigenvalue weighted by molar-refractivity contribution is 8.00. The van der Waals surface area contributed by atoms with E-state index in [-0.39, 0.29) is 11.2 Å². The topological polar surface area (TPSA) is 72.8 Å². The van der Waals surface area contributed by atoms with Gasteiger partial charge in [-0.05, 0) is 19.9 Å². The highest BCUT2D eigenvalue weighted by Gasteiger charge is 2.21. The number of aromatic nitrogens is 4. The van der Waals surface area contributed by atoms with Gasteiger partial charge in [-0.2, -0.15) is 0 Å². The van der Waals surface area contributed by atoms with Crippen molar-refractivity contribution in [3.8, 4) is 11.4 Å². The zero-order valence-electron chi connectivity index (χ0n) is 13.2. The molecule has 0 radical (unpaired) electrons. The fraction of sp³-hybridized carbons (Fsp3) is 0.312. The van der Waals surface area contributed by atoms with Gasteiger partial charge in [0.25, 0.3) is 0 Å². The average molecular weight is 330 g/mol. The lowest BCUT2D eigenvalue weighted by Crippen LogP contribution is -2.17. The molecule has 0 aliphatic heterocycles. The van der Waals surface area contributed by atoms with E-state index in [0.29, 0.717) is 11.8 Å². The molecule has 0 amide bonds. The first kappa shape index (κ1) is 15.6. The molecule has 0 saturated carbocycles. The Hall–Kier alpha value is -2.28. The van der Waals surface area contributed by atoms with Crippen LogP contribution in [0.15, 0.2) is 35.6 Å². The number of carbonyl (C=O) groups is 1. The van der Waals surface area contributed by atoms with Crippen LogP contribution >= 0.6 is 11.8 Å². The number of fused-ring (bicyclic) bond motifs is 1. The minimum Gasteiger partial charge on any atom is -0.465 e. The number of nitrogens with zero attached hydrogens (tertiary/aromatic N) is 3. The number of ether oxygens (including phenoxy) is 1. The number of H-pyrrole nitrogens is 1. The van der Waals surface area contributed by atoms with Gasteiger partial charge in [0.2, 0.25) is 0 Å². The normalized spacial score (nSPS) is 12.5. The lowest BCUT2D eigenvalue weighted by Gasteiger charge is -2.09. The van der Waals surface area contributed by atoms with Gasteiger partial charge in [0.15, 0.2) is 11.0 Å². The predicted molar refractivity (Wildman–Crippen MR) is 90.2 cm³/mol. The molecule has 0 bridgehead atoms. The highest BCUT2D eigenvalue weighted by atomic mass is 32.2. The third-order valence-corrected chi connectivity index (χ3v) is 4.68. The minimum atomic E-state index is -0.325. The largest absolute Gasteiger partial charge is 0.465 e. The number of esters is 1. The zero-order chi connectivity index (χ0) is 16.4. The van der Waals surface area contributed by atoms with E-state index in [1.807, 2.05) is 49.0 Å². The number of nitrogens with one attached hydrogen (secondary N) is 1. The smallest absolute Gasteiger partial charge is 0.319 e. The average Bonchev–Trinajstić information content (AvgIpc) is 3.12. The molecule has 0 spiro atoms. The van der Waals surface area contributed by atoms with Crippen molar-refractivity contribution >= 4 is 28.6 Å². The van der Waals surface area contributed by atoms with Crippen molar-refractivity contribution in [2.45, 2.75) is 24.3 Å². The number of benzene rings is 1. The Morgan fingerprint density at radius 1 is 1.39 bits per heavy atom. The molecule has 1 aromatic carbocycles. The van der Waals surface area contributed by atoms with E-state index in [1.165, 1.54) is 11.8 Å². The summed E-state index contributed by atoms with van der Waals surface area (Å²) in [5, 5.41) is 9.96. The van der Waals surface area contributed by atoms with Crippen molar-refractivity contribution in [3.05, 3.63) is 30.5 Å². The summed E-state index contributed by atoms with van der Waals surface area (Å²) < 4.78 is 6.93. The summed E-state index contributed by atoms with van der Waals surface area (Å²) in [4.78, 5) is 15.0. The molecule has 120 valence electrons. The van der Waals surface area contributed by atoms with Crippen LogP contribution in [-0.4, -0.2) is 37.6 Å². The standard InChI is InChI=1S/C16H18N4O2S/c1-4-22-15(21)10(2)23-16-19-18-14(20(16)3)12-9-17-13-8-6-5-7-11(12)13/h5-10,17H,4H2,1-3H3/t10-/m1/s1. The molecular weight excluding hydrogens is 312 g/mol. The summed E-state index contributed by atoms with van der Waals surface area (Å²) >= 11 is 1.35. The van der Waals surface area contributed by atoms with E-state index >= 15 is 0 Å². The van der Waals surface area contributed by atoms with Crippen molar-refractivity contribution in [1.82, 2.24) is 19.7 Å². The van der Waals surface area contributed by atoms with Crippen molar-refractivity contribution in [3.63, 3.8) is 0 Å². The monoisotopic (exact) mass is 330 g/mol. The maximum atomic E-state index is 11.8. The van der Waals surface area contributed by atoms with Gasteiger partial charge in [0, 0.05) is 29.7 Å². The summed E-state index contributed by atoms with van der Waals surface area (Å²) in [6.07, 6.45) is 1.93. The quantitative estimate of drug-likeness (QED) is 0.575. The van der Waals surface area contributed by atoms with Gasteiger partial charge in [-0.1, -0.05) is 30.0 Å². The first-order chi connectivity index (χ1) is 11.1. The molecule has 23 heavy (non-hydrogen) atoms. The van der Waals surface area contributed by atoms with Crippen LogP contribution in [-0.2, 0) is 16.6 Å². The Morgan fingerprint density at radius 2 is 2.17 bits per heavy atom. The predicted octanol–water partition coefficient (Wildman–Crippen LogP) is 3.01. The van der Waals surface area contributed by atoms with E-state index in [0.717, 1.165) is 22.3 Å². The molecule has 1 N–H and O–H groups in total. The van der Waals surface area contributed by atoms with E-state index in [2.05, 4.69) is 15.2 Å². The molecule has 7 heteroatoms. The van der Waals surface area contributed by atoms with Crippen LogP contribution < -0.4 is 0 Å². The lowest BCUT2D eigenvalue weighted by atomic mass is 10.1. The van der Waals surface area contributed by atoms with Crippen LogP contribution in [0.4, 0.5) is 0 Å². The van der Waals surface area contributed by atoms with Crippen LogP contribution in [0.25, 0.3) is 22.3 Å². The van der Waals surface area contributed by atoms with E-state index in [4.69, 9.17) is 4.74 Å². The van der Waals surface area contributed by atoms with Gasteiger partial charge < -0.3 is 14.3 Å². The van der Waals surface area contributed by atoms with Crippen molar-refractivity contribution < 1.29 is 9.53 Å². The van der Waals surface area contributed by atoms with Crippen LogP contribution in [0.2, 0.25) is 0 Å². The Bertz CT molecular complexity index is 840. The SMILES string of the molecule is CCOC(=O)[C@@H](C)Sc1nnc(-c2c[nH]c3ccccc23)n1C. The molecule has 1 atom stereocenters. The number of hydrogen-bond acceptors (Lipinski definition) is 5. The van der Waals surface area contributed by atoms with Crippen LogP contribution in [0.3, 0.4) is 0 Å².